The van der Waals surface area contributed by atoms with Gasteiger partial charge in [0, 0.05) is 6.61 Å². The monoisotopic (exact) mass is 283 g/mol. The van der Waals surface area contributed by atoms with Gasteiger partial charge in [-0.2, -0.15) is 0 Å². The van der Waals surface area contributed by atoms with E-state index in [1.807, 2.05) is 28.8 Å². The number of para-hydroxylation sites is 2. The third-order valence-corrected chi connectivity index (χ3v) is 3.63. The quantitative estimate of drug-likeness (QED) is 0.864. The van der Waals surface area contributed by atoms with Crippen molar-refractivity contribution in [2.45, 2.75) is 32.0 Å². The van der Waals surface area contributed by atoms with Crippen molar-refractivity contribution in [1.82, 2.24) is 14.9 Å². The van der Waals surface area contributed by atoms with Gasteiger partial charge in [-0.1, -0.05) is 18.1 Å². The fourth-order valence-electron chi connectivity index (χ4n) is 2.59. The highest BCUT2D eigenvalue weighted by Gasteiger charge is 2.23. The van der Waals surface area contributed by atoms with Crippen LogP contribution in [0.5, 0.6) is 0 Å². The second-order valence-electron chi connectivity index (χ2n) is 5.03. The smallest absolute Gasteiger partial charge is 0.249 e. The van der Waals surface area contributed by atoms with Crippen molar-refractivity contribution >= 4 is 16.9 Å². The lowest BCUT2D eigenvalue weighted by molar-refractivity contribution is -0.130. The third-order valence-electron chi connectivity index (χ3n) is 3.63. The Kier molecular flexibility index (Phi) is 3.89. The minimum atomic E-state index is -0.324. The maximum atomic E-state index is 12.0. The summed E-state index contributed by atoms with van der Waals surface area (Å²) in [6.45, 7) is 1.45. The molecule has 21 heavy (non-hydrogen) atoms. The molecule has 0 spiro atoms. The maximum Gasteiger partial charge on any atom is 0.249 e. The molecule has 0 saturated carbocycles. The van der Waals surface area contributed by atoms with Crippen LogP contribution in [0.3, 0.4) is 0 Å². The number of ether oxygens (including phenoxy) is 1. The summed E-state index contributed by atoms with van der Waals surface area (Å²) >= 11 is 0. The number of hydrogen-bond acceptors (Lipinski definition) is 3. The summed E-state index contributed by atoms with van der Waals surface area (Å²) in [4.78, 5) is 16.5. The van der Waals surface area contributed by atoms with E-state index in [0.717, 1.165) is 29.7 Å². The van der Waals surface area contributed by atoms with E-state index in [1.54, 1.807) is 0 Å². The summed E-state index contributed by atoms with van der Waals surface area (Å²) in [5.74, 6) is 3.32. The van der Waals surface area contributed by atoms with Crippen LogP contribution in [0, 0.1) is 12.3 Å². The highest BCUT2D eigenvalue weighted by atomic mass is 16.5. The molecule has 3 rings (SSSR count). The standard InChI is InChI=1S/C16H17N3O2/c1-2-9-19-13-7-4-3-6-12(13)18-15(19)11-17-16(20)14-8-5-10-21-14/h1,3-4,6-7,14H,5,8-11H2,(H,17,20). The number of nitrogens with one attached hydrogen (secondary N) is 1. The van der Waals surface area contributed by atoms with Gasteiger partial charge >= 0.3 is 0 Å². The van der Waals surface area contributed by atoms with Crippen LogP contribution in [-0.4, -0.2) is 28.2 Å². The molecule has 1 unspecified atom stereocenters. The predicted octanol–water partition coefficient (Wildman–Crippen LogP) is 1.46. The Hall–Kier alpha value is -2.32. The molecule has 1 aliphatic heterocycles. The number of terminal acetylenes is 1. The van der Waals surface area contributed by atoms with E-state index >= 15 is 0 Å². The van der Waals surface area contributed by atoms with E-state index < -0.39 is 0 Å². The molecule has 1 fully saturated rings. The molecule has 1 aromatic heterocycles. The Morgan fingerprint density at radius 1 is 1.52 bits per heavy atom. The Morgan fingerprint density at radius 3 is 3.14 bits per heavy atom. The maximum absolute atomic E-state index is 12.0. The zero-order chi connectivity index (χ0) is 14.7. The van der Waals surface area contributed by atoms with Crippen LogP contribution in [0.15, 0.2) is 24.3 Å². The highest BCUT2D eigenvalue weighted by Crippen LogP contribution is 2.16. The summed E-state index contributed by atoms with van der Waals surface area (Å²) in [6, 6.07) is 7.80. The summed E-state index contributed by atoms with van der Waals surface area (Å²) in [7, 11) is 0. The first-order chi connectivity index (χ1) is 10.3. The first-order valence-corrected chi connectivity index (χ1v) is 7.06. The Bertz CT molecular complexity index is 693. The average molecular weight is 283 g/mol. The van der Waals surface area contributed by atoms with E-state index in [2.05, 4.69) is 16.2 Å². The first-order valence-electron chi connectivity index (χ1n) is 7.06. The number of carbonyl (C=O) groups is 1. The van der Waals surface area contributed by atoms with Crippen LogP contribution >= 0.6 is 0 Å². The number of imidazole rings is 1. The van der Waals surface area contributed by atoms with Crippen molar-refractivity contribution in [2.75, 3.05) is 6.61 Å². The van der Waals surface area contributed by atoms with Gasteiger partial charge in [-0.05, 0) is 25.0 Å². The number of fused-ring (bicyclic) bond motifs is 1. The normalized spacial score (nSPS) is 17.8. The van der Waals surface area contributed by atoms with Crippen LogP contribution in [0.4, 0.5) is 0 Å². The molecule has 1 N–H and O–H groups in total. The molecule has 0 aliphatic carbocycles. The minimum Gasteiger partial charge on any atom is -0.368 e. The van der Waals surface area contributed by atoms with Crippen LogP contribution in [0.1, 0.15) is 18.7 Å². The second kappa shape index (κ2) is 5.98. The number of rotatable bonds is 4. The molecule has 5 heteroatoms. The molecule has 2 aromatic rings. The summed E-state index contributed by atoms with van der Waals surface area (Å²) < 4.78 is 7.32. The molecular weight excluding hydrogens is 266 g/mol. The number of aromatic nitrogens is 2. The lowest BCUT2D eigenvalue weighted by Gasteiger charge is -2.11. The molecule has 0 bridgehead atoms. The first kappa shape index (κ1) is 13.7. The van der Waals surface area contributed by atoms with Crippen LogP contribution in [-0.2, 0) is 22.6 Å². The summed E-state index contributed by atoms with van der Waals surface area (Å²) in [5.41, 5.74) is 1.87. The topological polar surface area (TPSA) is 56.2 Å². The molecular formula is C16H17N3O2. The SMILES string of the molecule is C#CCn1c(CNC(=O)C2CCCO2)nc2ccccc21. The van der Waals surface area contributed by atoms with Crippen molar-refractivity contribution in [3.05, 3.63) is 30.1 Å². The lowest BCUT2D eigenvalue weighted by Crippen LogP contribution is -2.34. The fraction of sp³-hybridized carbons (Fsp3) is 0.375. The van der Waals surface area contributed by atoms with Gasteiger partial charge in [-0.3, -0.25) is 4.79 Å². The molecule has 5 nitrogen and oxygen atoms in total. The van der Waals surface area contributed by atoms with Crippen molar-refractivity contribution in [3.63, 3.8) is 0 Å². The molecule has 108 valence electrons. The van der Waals surface area contributed by atoms with Crippen LogP contribution in [0.2, 0.25) is 0 Å². The number of carbonyl (C=O) groups excluding carboxylic acids is 1. The van der Waals surface area contributed by atoms with E-state index in [0.29, 0.717) is 19.7 Å². The summed E-state index contributed by atoms with van der Waals surface area (Å²) in [5, 5.41) is 2.88. The van der Waals surface area contributed by atoms with Gasteiger partial charge in [0.25, 0.3) is 0 Å². The van der Waals surface area contributed by atoms with Gasteiger partial charge in [-0.15, -0.1) is 6.42 Å². The highest BCUT2D eigenvalue weighted by molar-refractivity contribution is 5.81. The zero-order valence-corrected chi connectivity index (χ0v) is 11.7. The minimum absolute atomic E-state index is 0.0770. The van der Waals surface area contributed by atoms with Crippen molar-refractivity contribution in [2.24, 2.45) is 0 Å². The molecule has 1 atom stereocenters. The van der Waals surface area contributed by atoms with Gasteiger partial charge in [0.05, 0.1) is 24.1 Å². The van der Waals surface area contributed by atoms with Gasteiger partial charge in [0.1, 0.15) is 11.9 Å². The molecule has 0 radical (unpaired) electrons. The Balaban J connectivity index is 1.78. The molecule has 1 saturated heterocycles. The molecule has 1 aliphatic rings. The number of benzene rings is 1. The predicted molar refractivity (Wildman–Crippen MR) is 79.4 cm³/mol. The number of nitrogens with zero attached hydrogens (tertiary/aromatic N) is 2. The largest absolute Gasteiger partial charge is 0.368 e. The number of hydrogen-bond donors (Lipinski definition) is 1. The fourth-order valence-corrected chi connectivity index (χ4v) is 2.59. The molecule has 2 heterocycles. The Labute approximate surface area is 123 Å². The van der Waals surface area contributed by atoms with Gasteiger partial charge in [-0.25, -0.2) is 4.98 Å². The molecule has 1 aromatic carbocycles. The van der Waals surface area contributed by atoms with Crippen molar-refractivity contribution < 1.29 is 9.53 Å². The van der Waals surface area contributed by atoms with E-state index in [1.165, 1.54) is 0 Å². The van der Waals surface area contributed by atoms with Gasteiger partial charge in [0.15, 0.2) is 0 Å². The zero-order valence-electron chi connectivity index (χ0n) is 11.7. The number of amides is 1. The van der Waals surface area contributed by atoms with Crippen molar-refractivity contribution in [3.8, 4) is 12.3 Å². The van der Waals surface area contributed by atoms with Gasteiger partial charge < -0.3 is 14.6 Å². The van der Waals surface area contributed by atoms with Crippen LogP contribution in [0.25, 0.3) is 11.0 Å². The van der Waals surface area contributed by atoms with E-state index in [-0.39, 0.29) is 12.0 Å². The molecule has 1 amide bonds. The van der Waals surface area contributed by atoms with E-state index in [9.17, 15) is 4.79 Å². The van der Waals surface area contributed by atoms with Crippen LogP contribution < -0.4 is 5.32 Å². The summed E-state index contributed by atoms with van der Waals surface area (Å²) in [6.07, 6.45) is 6.83. The average Bonchev–Trinajstić information content (AvgIpc) is 3.14. The lowest BCUT2D eigenvalue weighted by atomic mass is 10.2. The van der Waals surface area contributed by atoms with Gasteiger partial charge in [0.2, 0.25) is 5.91 Å². The van der Waals surface area contributed by atoms with E-state index in [4.69, 9.17) is 11.2 Å². The third kappa shape index (κ3) is 2.76. The Morgan fingerprint density at radius 2 is 2.38 bits per heavy atom. The second-order valence-corrected chi connectivity index (χ2v) is 5.03. The van der Waals surface area contributed by atoms with Crippen molar-refractivity contribution in [1.29, 1.82) is 0 Å².